The summed E-state index contributed by atoms with van der Waals surface area (Å²) in [6, 6.07) is 0. The number of piperidine rings is 1. The van der Waals surface area contributed by atoms with Crippen LogP contribution in [-0.2, 0) is 4.79 Å². The first kappa shape index (κ1) is 17.9. The molecule has 2 amide bonds. The van der Waals surface area contributed by atoms with E-state index in [9.17, 15) is 19.7 Å². The predicted octanol–water partition coefficient (Wildman–Crippen LogP) is 1.39. The Kier molecular flexibility index (Phi) is 5.88. The van der Waals surface area contributed by atoms with Crippen LogP contribution in [0.5, 0.6) is 0 Å². The molecule has 1 aliphatic heterocycles. The number of carbonyl (C=O) groups excluding carboxylic acids is 2. The monoisotopic (exact) mass is 337 g/mol. The molecule has 9 nitrogen and oxygen atoms in total. The molecule has 1 aromatic heterocycles. The van der Waals surface area contributed by atoms with Gasteiger partial charge in [-0.25, -0.2) is 0 Å². The highest BCUT2D eigenvalue weighted by Crippen LogP contribution is 2.24. The van der Waals surface area contributed by atoms with Gasteiger partial charge in [0.2, 0.25) is 11.6 Å². The average molecular weight is 337 g/mol. The predicted molar refractivity (Wildman–Crippen MR) is 86.5 cm³/mol. The van der Waals surface area contributed by atoms with Crippen molar-refractivity contribution in [3.8, 4) is 0 Å². The van der Waals surface area contributed by atoms with Gasteiger partial charge in [0, 0.05) is 19.6 Å². The number of unbranched alkanes of at least 4 members (excludes halogenated alkanes) is 1. The molecule has 0 spiro atoms. The number of rotatable bonds is 6. The summed E-state index contributed by atoms with van der Waals surface area (Å²) in [6.45, 7) is 4.92. The number of carbonyl (C=O) groups is 2. The second-order valence-corrected chi connectivity index (χ2v) is 6.04. The van der Waals surface area contributed by atoms with Crippen LogP contribution in [0.2, 0.25) is 0 Å². The summed E-state index contributed by atoms with van der Waals surface area (Å²) in [5, 5.41) is 20.3. The summed E-state index contributed by atoms with van der Waals surface area (Å²) in [7, 11) is 0. The third kappa shape index (κ3) is 3.90. The zero-order chi connectivity index (χ0) is 17.7. The van der Waals surface area contributed by atoms with E-state index in [-0.39, 0.29) is 35.4 Å². The highest BCUT2D eigenvalue weighted by molar-refractivity contribution is 5.97. The number of hydrogen-bond donors (Lipinski definition) is 2. The molecule has 2 N–H and O–H groups in total. The SMILES string of the molecule is CCCCNC(=O)C1CCCN(C(=O)c2n[nH]c(C)c2[N+](=O)[O-])C1. The van der Waals surface area contributed by atoms with E-state index >= 15 is 0 Å². The Labute approximate surface area is 139 Å². The lowest BCUT2D eigenvalue weighted by Crippen LogP contribution is -2.45. The van der Waals surface area contributed by atoms with Crippen LogP contribution >= 0.6 is 0 Å². The van der Waals surface area contributed by atoms with Crippen LogP contribution in [0.3, 0.4) is 0 Å². The van der Waals surface area contributed by atoms with Crippen LogP contribution in [-0.4, -0.2) is 51.5 Å². The maximum atomic E-state index is 12.6. The number of aromatic amines is 1. The minimum atomic E-state index is -0.606. The van der Waals surface area contributed by atoms with Crippen molar-refractivity contribution in [1.29, 1.82) is 0 Å². The molecule has 0 saturated carbocycles. The first-order chi connectivity index (χ1) is 11.5. The molecule has 24 heavy (non-hydrogen) atoms. The van der Waals surface area contributed by atoms with Crippen LogP contribution in [0, 0.1) is 23.0 Å². The number of hydrogen-bond acceptors (Lipinski definition) is 5. The third-order valence-corrected chi connectivity index (χ3v) is 4.21. The minimum Gasteiger partial charge on any atom is -0.356 e. The molecular weight excluding hydrogens is 314 g/mol. The zero-order valence-electron chi connectivity index (χ0n) is 14.0. The van der Waals surface area contributed by atoms with E-state index in [2.05, 4.69) is 15.5 Å². The largest absolute Gasteiger partial charge is 0.356 e. The number of nitrogens with zero attached hydrogens (tertiary/aromatic N) is 3. The molecule has 132 valence electrons. The number of likely N-dealkylation sites (tertiary alicyclic amines) is 1. The van der Waals surface area contributed by atoms with Gasteiger partial charge in [0.1, 0.15) is 5.69 Å². The molecule has 1 atom stereocenters. The maximum Gasteiger partial charge on any atom is 0.322 e. The van der Waals surface area contributed by atoms with E-state index in [0.29, 0.717) is 25.9 Å². The lowest BCUT2D eigenvalue weighted by atomic mass is 9.96. The van der Waals surface area contributed by atoms with Crippen molar-refractivity contribution in [3.05, 3.63) is 21.5 Å². The molecule has 2 heterocycles. The lowest BCUT2D eigenvalue weighted by molar-refractivity contribution is -0.385. The summed E-state index contributed by atoms with van der Waals surface area (Å²) in [6.07, 6.45) is 3.32. The van der Waals surface area contributed by atoms with Gasteiger partial charge >= 0.3 is 5.69 Å². The van der Waals surface area contributed by atoms with E-state index in [1.54, 1.807) is 0 Å². The normalized spacial score (nSPS) is 17.6. The Morgan fingerprint density at radius 3 is 2.92 bits per heavy atom. The van der Waals surface area contributed by atoms with Gasteiger partial charge in [0.05, 0.1) is 10.8 Å². The Balaban J connectivity index is 2.05. The van der Waals surface area contributed by atoms with Gasteiger partial charge in [-0.05, 0) is 26.2 Å². The summed E-state index contributed by atoms with van der Waals surface area (Å²) >= 11 is 0. The van der Waals surface area contributed by atoms with E-state index in [1.165, 1.54) is 11.8 Å². The summed E-state index contributed by atoms with van der Waals surface area (Å²) in [4.78, 5) is 36.7. The Morgan fingerprint density at radius 2 is 2.25 bits per heavy atom. The van der Waals surface area contributed by atoms with Crippen molar-refractivity contribution in [2.75, 3.05) is 19.6 Å². The van der Waals surface area contributed by atoms with E-state index in [1.807, 2.05) is 6.92 Å². The van der Waals surface area contributed by atoms with Gasteiger partial charge in [0.25, 0.3) is 5.91 Å². The molecule has 9 heteroatoms. The number of nitrogens with one attached hydrogen (secondary N) is 2. The quantitative estimate of drug-likeness (QED) is 0.461. The number of aryl methyl sites for hydroxylation is 1. The first-order valence-corrected chi connectivity index (χ1v) is 8.22. The number of nitro groups is 1. The summed E-state index contributed by atoms with van der Waals surface area (Å²) in [5.74, 6) is -0.843. The van der Waals surface area contributed by atoms with Crippen molar-refractivity contribution in [1.82, 2.24) is 20.4 Å². The highest BCUT2D eigenvalue weighted by atomic mass is 16.6. The van der Waals surface area contributed by atoms with Crippen molar-refractivity contribution in [3.63, 3.8) is 0 Å². The number of H-pyrrole nitrogens is 1. The van der Waals surface area contributed by atoms with Crippen LogP contribution in [0.1, 0.15) is 48.8 Å². The van der Waals surface area contributed by atoms with Gasteiger partial charge in [-0.1, -0.05) is 13.3 Å². The van der Waals surface area contributed by atoms with Gasteiger partial charge in [-0.3, -0.25) is 24.8 Å². The average Bonchev–Trinajstić information content (AvgIpc) is 2.96. The minimum absolute atomic E-state index is 0.0614. The highest BCUT2D eigenvalue weighted by Gasteiger charge is 2.34. The van der Waals surface area contributed by atoms with Gasteiger partial charge in [-0.2, -0.15) is 5.10 Å². The molecule has 1 fully saturated rings. The molecule has 0 aromatic carbocycles. The van der Waals surface area contributed by atoms with Crippen molar-refractivity contribution < 1.29 is 14.5 Å². The Bertz CT molecular complexity index is 627. The van der Waals surface area contributed by atoms with Crippen molar-refractivity contribution in [2.45, 2.75) is 39.5 Å². The molecular formula is C15H23N5O4. The van der Waals surface area contributed by atoms with Crippen molar-refractivity contribution >= 4 is 17.5 Å². The first-order valence-electron chi connectivity index (χ1n) is 8.22. The molecule has 0 bridgehead atoms. The van der Waals surface area contributed by atoms with E-state index in [0.717, 1.165) is 12.8 Å². The standard InChI is InChI=1S/C15H23N5O4/c1-3-4-7-16-14(21)11-6-5-8-19(9-11)15(22)12-13(20(23)24)10(2)17-18-12/h11H,3-9H2,1-2H3,(H,16,21)(H,17,18). The molecule has 2 rings (SSSR count). The fourth-order valence-corrected chi connectivity index (χ4v) is 2.85. The second kappa shape index (κ2) is 7.89. The van der Waals surface area contributed by atoms with E-state index in [4.69, 9.17) is 0 Å². The maximum absolute atomic E-state index is 12.6. The van der Waals surface area contributed by atoms with Crippen LogP contribution in [0.25, 0.3) is 0 Å². The van der Waals surface area contributed by atoms with Gasteiger partial charge in [-0.15, -0.1) is 0 Å². The smallest absolute Gasteiger partial charge is 0.322 e. The molecule has 0 aliphatic carbocycles. The number of aromatic nitrogens is 2. The molecule has 1 saturated heterocycles. The zero-order valence-corrected chi connectivity index (χ0v) is 14.0. The Hall–Kier alpha value is -2.45. The van der Waals surface area contributed by atoms with Crippen molar-refractivity contribution in [2.24, 2.45) is 5.92 Å². The van der Waals surface area contributed by atoms with Crippen LogP contribution in [0.4, 0.5) is 5.69 Å². The summed E-state index contributed by atoms with van der Waals surface area (Å²) < 4.78 is 0. The molecule has 0 radical (unpaired) electrons. The molecule has 1 unspecified atom stereocenters. The fraction of sp³-hybridized carbons (Fsp3) is 0.667. The van der Waals surface area contributed by atoms with E-state index < -0.39 is 10.8 Å². The number of amides is 2. The third-order valence-electron chi connectivity index (χ3n) is 4.21. The summed E-state index contributed by atoms with van der Waals surface area (Å²) in [5.41, 5.74) is -0.242. The van der Waals surface area contributed by atoms with Crippen LogP contribution < -0.4 is 5.32 Å². The van der Waals surface area contributed by atoms with Gasteiger partial charge in [0.15, 0.2) is 0 Å². The van der Waals surface area contributed by atoms with Gasteiger partial charge < -0.3 is 10.2 Å². The fourth-order valence-electron chi connectivity index (χ4n) is 2.85. The van der Waals surface area contributed by atoms with Crippen LogP contribution in [0.15, 0.2) is 0 Å². The molecule has 1 aliphatic rings. The lowest BCUT2D eigenvalue weighted by Gasteiger charge is -2.31. The molecule has 1 aromatic rings. The topological polar surface area (TPSA) is 121 Å². The second-order valence-electron chi connectivity index (χ2n) is 6.04. The Morgan fingerprint density at radius 1 is 1.50 bits per heavy atom.